The number of aliphatic imine (C=N–C) groups is 1. The molecule has 1 amide bonds. The number of carboxylic acid groups (broad SMARTS) is 1. The van der Waals surface area contributed by atoms with Crippen molar-refractivity contribution < 1.29 is 32.6 Å². The van der Waals surface area contributed by atoms with E-state index in [0.717, 1.165) is 0 Å². The van der Waals surface area contributed by atoms with E-state index < -0.39 is 21.7 Å². The zero-order chi connectivity index (χ0) is 19.9. The van der Waals surface area contributed by atoms with Crippen LogP contribution in [-0.4, -0.2) is 66.6 Å². The fourth-order valence-electron chi connectivity index (χ4n) is 3.42. The van der Waals surface area contributed by atoms with Gasteiger partial charge < -0.3 is 19.5 Å². The summed E-state index contributed by atoms with van der Waals surface area (Å²) in [5.74, 6) is -0.467. The van der Waals surface area contributed by atoms with Crippen LogP contribution in [0.15, 0.2) is 23.2 Å². The lowest BCUT2D eigenvalue weighted by atomic mass is 10.2. The van der Waals surface area contributed by atoms with Crippen LogP contribution in [0.4, 0.5) is 5.69 Å². The van der Waals surface area contributed by atoms with Gasteiger partial charge >= 0.3 is 5.97 Å². The molecule has 3 aliphatic heterocycles. The molecule has 11 heteroatoms. The third-order valence-electron chi connectivity index (χ3n) is 4.64. The van der Waals surface area contributed by atoms with E-state index in [4.69, 9.17) is 14.6 Å². The molecule has 1 aromatic carbocycles. The van der Waals surface area contributed by atoms with Crippen LogP contribution in [0.3, 0.4) is 0 Å². The van der Waals surface area contributed by atoms with Crippen LogP contribution < -0.4 is 14.4 Å². The van der Waals surface area contributed by atoms with Crippen molar-refractivity contribution >= 4 is 44.3 Å². The van der Waals surface area contributed by atoms with E-state index in [-0.39, 0.29) is 35.6 Å². The maximum absolute atomic E-state index is 12.1. The molecule has 0 aromatic heterocycles. The summed E-state index contributed by atoms with van der Waals surface area (Å²) in [5, 5.41) is 8.90. The van der Waals surface area contributed by atoms with Gasteiger partial charge in [0.1, 0.15) is 13.2 Å². The number of amidine groups is 1. The summed E-state index contributed by atoms with van der Waals surface area (Å²) in [6, 6.07) is 4.93. The zero-order valence-corrected chi connectivity index (χ0v) is 16.4. The third-order valence-corrected chi connectivity index (χ3v) is 7.85. The number of anilines is 1. The van der Waals surface area contributed by atoms with Crippen LogP contribution in [0.5, 0.6) is 11.5 Å². The Morgan fingerprint density at radius 3 is 2.68 bits per heavy atom. The van der Waals surface area contributed by atoms with Gasteiger partial charge in [0, 0.05) is 23.4 Å². The number of hydrogen-bond donors (Lipinski definition) is 1. The van der Waals surface area contributed by atoms with Gasteiger partial charge in [-0.3, -0.25) is 9.59 Å². The van der Waals surface area contributed by atoms with Crippen LogP contribution >= 0.6 is 11.8 Å². The standard InChI is InChI=1S/C17H18N2O7S2/c20-15(3-4-16(21)22)18-17-19(11-8-28(23,24)9-14(11)27-17)10-1-2-12-13(7-10)26-6-5-25-12/h1-2,7,11,14H,3-6,8-9H2,(H,21,22). The highest BCUT2D eigenvalue weighted by Gasteiger charge is 2.49. The number of ether oxygens (including phenoxy) is 2. The minimum atomic E-state index is -3.17. The van der Waals surface area contributed by atoms with Gasteiger partial charge in [-0.25, -0.2) is 8.42 Å². The number of benzene rings is 1. The van der Waals surface area contributed by atoms with Gasteiger partial charge in [-0.1, -0.05) is 11.8 Å². The van der Waals surface area contributed by atoms with Gasteiger partial charge in [0.15, 0.2) is 26.5 Å². The van der Waals surface area contributed by atoms with Crippen LogP contribution in [0, 0.1) is 0 Å². The van der Waals surface area contributed by atoms with Crippen molar-refractivity contribution in [2.75, 3.05) is 29.6 Å². The molecule has 0 saturated carbocycles. The second-order valence-electron chi connectivity index (χ2n) is 6.68. The van der Waals surface area contributed by atoms with Gasteiger partial charge in [0.2, 0.25) is 5.91 Å². The first-order valence-corrected chi connectivity index (χ1v) is 11.4. The van der Waals surface area contributed by atoms with Crippen molar-refractivity contribution in [1.29, 1.82) is 0 Å². The number of nitrogens with zero attached hydrogens (tertiary/aromatic N) is 2. The maximum Gasteiger partial charge on any atom is 0.303 e. The van der Waals surface area contributed by atoms with E-state index in [1.54, 1.807) is 23.1 Å². The normalized spacial score (nSPS) is 26.3. The SMILES string of the molecule is O=C(O)CCC(=O)N=C1SC2CS(=O)(=O)CC2N1c1ccc2c(c1)OCCO2. The maximum atomic E-state index is 12.1. The largest absolute Gasteiger partial charge is 0.486 e. The van der Waals surface area contributed by atoms with Crippen molar-refractivity contribution in [1.82, 2.24) is 0 Å². The minimum absolute atomic E-state index is 0.0196. The number of amides is 1. The Morgan fingerprint density at radius 1 is 1.18 bits per heavy atom. The Labute approximate surface area is 165 Å². The van der Waals surface area contributed by atoms with Gasteiger partial charge in [-0.05, 0) is 12.1 Å². The summed E-state index contributed by atoms with van der Waals surface area (Å²) in [7, 11) is -3.17. The topological polar surface area (TPSA) is 123 Å². The Bertz CT molecular complexity index is 960. The number of sulfone groups is 1. The first kappa shape index (κ1) is 19.1. The number of thioether (sulfide) groups is 1. The average molecular weight is 426 g/mol. The molecule has 3 aliphatic rings. The molecule has 0 aliphatic carbocycles. The van der Waals surface area contributed by atoms with Gasteiger partial charge in [-0.15, -0.1) is 0 Å². The second-order valence-corrected chi connectivity index (χ2v) is 10.0. The van der Waals surface area contributed by atoms with Gasteiger partial charge in [0.25, 0.3) is 0 Å². The van der Waals surface area contributed by atoms with E-state index in [1.165, 1.54) is 11.8 Å². The molecule has 3 heterocycles. The van der Waals surface area contributed by atoms with E-state index in [9.17, 15) is 18.0 Å². The number of rotatable bonds is 4. The Kier molecular flexibility index (Phi) is 4.96. The molecule has 0 bridgehead atoms. The first-order valence-electron chi connectivity index (χ1n) is 8.72. The molecule has 1 N–H and O–H groups in total. The van der Waals surface area contributed by atoms with Crippen molar-refractivity contribution in [2.45, 2.75) is 24.1 Å². The molecule has 0 spiro atoms. The van der Waals surface area contributed by atoms with E-state index in [2.05, 4.69) is 4.99 Å². The molecule has 2 unspecified atom stereocenters. The summed E-state index contributed by atoms with van der Waals surface area (Å²) >= 11 is 1.24. The molecule has 0 radical (unpaired) electrons. The second kappa shape index (κ2) is 7.28. The van der Waals surface area contributed by atoms with Crippen molar-refractivity contribution in [2.24, 2.45) is 4.99 Å². The fraction of sp³-hybridized carbons (Fsp3) is 0.471. The molecule has 2 atom stereocenters. The predicted octanol–water partition coefficient (Wildman–Crippen LogP) is 0.924. The molecule has 2 saturated heterocycles. The summed E-state index contributed by atoms with van der Waals surface area (Å²) < 4.78 is 35.3. The monoisotopic (exact) mass is 426 g/mol. The predicted molar refractivity (Wildman–Crippen MR) is 103 cm³/mol. The molecule has 150 valence electrons. The van der Waals surface area contributed by atoms with E-state index in [0.29, 0.717) is 35.6 Å². The lowest BCUT2D eigenvalue weighted by Crippen LogP contribution is -2.37. The summed E-state index contributed by atoms with van der Waals surface area (Å²) in [6.07, 6.45) is -0.506. The highest BCUT2D eigenvalue weighted by Crippen LogP contribution is 2.43. The van der Waals surface area contributed by atoms with Crippen molar-refractivity contribution in [3.63, 3.8) is 0 Å². The first-order chi connectivity index (χ1) is 13.3. The van der Waals surface area contributed by atoms with Crippen LogP contribution in [0.2, 0.25) is 0 Å². The van der Waals surface area contributed by atoms with Crippen LogP contribution in [0.25, 0.3) is 0 Å². The number of carbonyl (C=O) groups excluding carboxylic acids is 1. The molecular weight excluding hydrogens is 408 g/mol. The lowest BCUT2D eigenvalue weighted by Gasteiger charge is -2.26. The van der Waals surface area contributed by atoms with Gasteiger partial charge in [-0.2, -0.15) is 4.99 Å². The molecule has 2 fully saturated rings. The molecule has 9 nitrogen and oxygen atoms in total. The molecule has 28 heavy (non-hydrogen) atoms. The van der Waals surface area contributed by atoms with Crippen LogP contribution in [-0.2, 0) is 19.4 Å². The summed E-state index contributed by atoms with van der Waals surface area (Å²) in [4.78, 5) is 28.6. The summed E-state index contributed by atoms with van der Waals surface area (Å²) in [5.41, 5.74) is 0.658. The number of carbonyl (C=O) groups is 2. The van der Waals surface area contributed by atoms with Crippen molar-refractivity contribution in [3.05, 3.63) is 18.2 Å². The quantitative estimate of drug-likeness (QED) is 0.749. The highest BCUT2D eigenvalue weighted by atomic mass is 32.2. The fourth-order valence-corrected chi connectivity index (χ4v) is 7.36. The Morgan fingerprint density at radius 2 is 1.93 bits per heavy atom. The number of hydrogen-bond acceptors (Lipinski definition) is 7. The number of aliphatic carboxylic acids is 1. The Balaban J connectivity index is 1.67. The average Bonchev–Trinajstić information content (AvgIpc) is 3.10. The molecular formula is C17H18N2O7S2. The summed E-state index contributed by atoms with van der Waals surface area (Å²) in [6.45, 7) is 0.875. The van der Waals surface area contributed by atoms with Crippen molar-refractivity contribution in [3.8, 4) is 11.5 Å². The smallest absolute Gasteiger partial charge is 0.303 e. The number of carboxylic acids is 1. The van der Waals surface area contributed by atoms with E-state index >= 15 is 0 Å². The van der Waals surface area contributed by atoms with E-state index in [1.807, 2.05) is 0 Å². The zero-order valence-electron chi connectivity index (χ0n) is 14.7. The molecule has 4 rings (SSSR count). The molecule has 1 aromatic rings. The van der Waals surface area contributed by atoms with Crippen LogP contribution in [0.1, 0.15) is 12.8 Å². The number of fused-ring (bicyclic) bond motifs is 2. The lowest BCUT2D eigenvalue weighted by molar-refractivity contribution is -0.138. The van der Waals surface area contributed by atoms with Gasteiger partial charge in [0.05, 0.1) is 24.0 Å². The highest BCUT2D eigenvalue weighted by molar-refractivity contribution is 8.16. The third kappa shape index (κ3) is 3.81. The minimum Gasteiger partial charge on any atom is -0.486 e. The Hall–Kier alpha value is -2.27.